The first kappa shape index (κ1) is 67.9. The second kappa shape index (κ2) is 33.0. The van der Waals surface area contributed by atoms with E-state index in [1.165, 1.54) is 12.0 Å². The number of carbonyl (C=O) groups is 6. The number of esters is 1. The first-order valence-corrected chi connectivity index (χ1v) is 30.2. The molecule has 0 spiro atoms. The Labute approximate surface area is 489 Å². The summed E-state index contributed by atoms with van der Waals surface area (Å²) >= 11 is 0. The van der Waals surface area contributed by atoms with Gasteiger partial charge in [-0.1, -0.05) is 101 Å². The average Bonchev–Trinajstić information content (AvgIpc) is 3.56. The van der Waals surface area contributed by atoms with Gasteiger partial charge in [0.15, 0.2) is 5.78 Å². The molecule has 2 bridgehead atoms. The molecule has 82 heavy (non-hydrogen) atoms. The van der Waals surface area contributed by atoms with Crippen molar-refractivity contribution in [2.75, 3.05) is 61.6 Å². The Morgan fingerprint density at radius 1 is 0.854 bits per heavy atom. The van der Waals surface area contributed by atoms with Crippen LogP contribution in [0.3, 0.4) is 0 Å². The zero-order chi connectivity index (χ0) is 60.3. The Balaban J connectivity index is 1.45. The van der Waals surface area contributed by atoms with Crippen LogP contribution in [0, 0.1) is 35.5 Å². The number of hydrogen-bond donors (Lipinski definition) is 2. The minimum atomic E-state index is -2.48. The Morgan fingerprint density at radius 3 is 2.28 bits per heavy atom. The van der Waals surface area contributed by atoms with E-state index in [1.54, 1.807) is 45.9 Å². The second-order valence-corrected chi connectivity index (χ2v) is 24.4. The van der Waals surface area contributed by atoms with Gasteiger partial charge in [-0.3, -0.25) is 19.2 Å². The molecule has 5 rings (SSSR count). The molecule has 2 amide bonds. The summed E-state index contributed by atoms with van der Waals surface area (Å²) in [5.74, 6) is -8.37. The summed E-state index contributed by atoms with van der Waals surface area (Å²) in [7, 11) is 8.67. The molecule has 1 saturated carbocycles. The van der Waals surface area contributed by atoms with E-state index in [0.29, 0.717) is 82.9 Å². The highest BCUT2D eigenvalue weighted by atomic mass is 16.6. The van der Waals surface area contributed by atoms with E-state index in [4.69, 9.17) is 28.4 Å². The van der Waals surface area contributed by atoms with Gasteiger partial charge in [-0.25, -0.2) is 9.59 Å². The van der Waals surface area contributed by atoms with E-state index < -0.39 is 102 Å². The van der Waals surface area contributed by atoms with Crippen molar-refractivity contribution in [1.29, 1.82) is 0 Å². The van der Waals surface area contributed by atoms with Crippen LogP contribution >= 0.6 is 0 Å². The van der Waals surface area contributed by atoms with E-state index in [2.05, 4.69) is 4.90 Å². The van der Waals surface area contributed by atoms with Gasteiger partial charge in [0.1, 0.15) is 36.2 Å². The van der Waals surface area contributed by atoms with Crippen LogP contribution in [0.1, 0.15) is 138 Å². The van der Waals surface area contributed by atoms with Crippen molar-refractivity contribution in [3.8, 4) is 0 Å². The van der Waals surface area contributed by atoms with E-state index in [1.807, 2.05) is 103 Å². The van der Waals surface area contributed by atoms with Gasteiger partial charge in [-0.05, 0) is 146 Å². The first-order valence-electron chi connectivity index (χ1n) is 30.2. The zero-order valence-electron chi connectivity index (χ0n) is 51.3. The smallest absolute Gasteiger partial charge is 0.409 e. The van der Waals surface area contributed by atoms with Crippen molar-refractivity contribution in [3.05, 3.63) is 83.5 Å². The number of ether oxygens (including phenoxy) is 6. The number of methoxy groups -OCH3 is 2. The fourth-order valence-electron chi connectivity index (χ4n) is 12.1. The normalized spacial score (nSPS) is 34.4. The van der Waals surface area contributed by atoms with Crippen LogP contribution in [0.4, 0.5) is 4.79 Å². The van der Waals surface area contributed by atoms with Gasteiger partial charge in [0, 0.05) is 65.0 Å². The van der Waals surface area contributed by atoms with Gasteiger partial charge >= 0.3 is 12.1 Å². The highest BCUT2D eigenvalue weighted by Gasteiger charge is 2.53. The lowest BCUT2D eigenvalue weighted by Gasteiger charge is -2.43. The molecule has 1 aromatic rings. The number of rotatable bonds is 14. The molecule has 3 fully saturated rings. The topological polar surface area (TPSA) is 208 Å². The monoisotopic (exact) mass is 1150 g/mol. The number of aliphatic hydroxyl groups is 2. The number of piperidine rings is 1. The lowest BCUT2D eigenvalue weighted by atomic mass is 9.78. The number of benzene rings is 1. The Bertz CT molecular complexity index is 2370. The van der Waals surface area contributed by atoms with Crippen molar-refractivity contribution in [2.45, 2.75) is 193 Å². The van der Waals surface area contributed by atoms with Crippen LogP contribution in [0.2, 0.25) is 0 Å². The van der Waals surface area contributed by atoms with E-state index in [0.717, 1.165) is 24.1 Å². The second-order valence-electron chi connectivity index (χ2n) is 24.4. The van der Waals surface area contributed by atoms with Gasteiger partial charge in [0.2, 0.25) is 5.79 Å². The molecule has 1 aromatic carbocycles. The van der Waals surface area contributed by atoms with Gasteiger partial charge in [-0.15, -0.1) is 0 Å². The van der Waals surface area contributed by atoms with Crippen molar-refractivity contribution in [2.24, 2.45) is 35.5 Å². The average molecular weight is 1150 g/mol. The van der Waals surface area contributed by atoms with Crippen LogP contribution in [-0.2, 0) is 58.8 Å². The molecule has 17 heteroatoms. The highest BCUT2D eigenvalue weighted by molar-refractivity contribution is 6.39. The number of hydrogen-bond acceptors (Lipinski definition) is 15. The van der Waals surface area contributed by atoms with Gasteiger partial charge in [0.05, 0.1) is 24.9 Å². The molecule has 3 aliphatic heterocycles. The van der Waals surface area contributed by atoms with E-state index in [9.17, 15) is 39.0 Å². The maximum absolute atomic E-state index is 14.7. The molecule has 458 valence electrons. The quantitative estimate of drug-likeness (QED) is 0.101. The highest BCUT2D eigenvalue weighted by Crippen LogP contribution is 2.38. The molecule has 4 aliphatic rings. The largest absolute Gasteiger partial charge is 0.460 e. The minimum Gasteiger partial charge on any atom is -0.460 e. The lowest BCUT2D eigenvalue weighted by Crippen LogP contribution is -2.61. The Hall–Kier alpha value is -4.88. The first-order chi connectivity index (χ1) is 39.0. The summed E-state index contributed by atoms with van der Waals surface area (Å²) in [4.78, 5) is 90.3. The summed E-state index contributed by atoms with van der Waals surface area (Å²) < 4.78 is 36.9. The van der Waals surface area contributed by atoms with E-state index in [-0.39, 0.29) is 49.2 Å². The predicted molar refractivity (Wildman–Crippen MR) is 314 cm³/mol. The van der Waals surface area contributed by atoms with Crippen LogP contribution < -0.4 is 0 Å². The molecular formula is C65H99N3O14. The third kappa shape index (κ3) is 19.6. The molecule has 15 atom stereocenters. The number of aliphatic hydroxyl groups excluding tert-OH is 1. The third-order valence-corrected chi connectivity index (χ3v) is 17.4. The standard InChI is InChI=1S/C65H99N3O14/c1-42-22-15-13-16-23-43(2)55(79-35-31-49-24-17-14-18-25-49)40-51-29-27-48(7)65(76,82-51)61(72)62(73)68-34-20-19-26-52(68)63(74)80-56(41-53(69)44(3)37-47(6)59(71)60(78-12)58(70)46(5)36-42)45(4)38-50-28-30-54(57(39-50)77-11)81-64(75)67(10)33-21-32-66(8)9/h13-18,22-25,37,42,44-46,48,50-52,54-57,59-60,71,76H,19-21,26-36,38-41H2,1-12H3/b16-13+,22-15+,43-23+,47-37+/t42-,44-,45-,46-,48-,50+,51+,52?,54-,55?,56+,57-,59-,60+,65-/m1/s1. The summed E-state index contributed by atoms with van der Waals surface area (Å²) in [5, 5.41) is 23.9. The van der Waals surface area contributed by atoms with Crippen molar-refractivity contribution < 1.29 is 67.4 Å². The number of carbonyl (C=O) groups excluding carboxylic acids is 6. The summed E-state index contributed by atoms with van der Waals surface area (Å²) in [6.45, 7) is 14.6. The molecule has 2 N–H and O–H groups in total. The van der Waals surface area contributed by atoms with Gasteiger partial charge < -0.3 is 53.3 Å². The predicted octanol–water partition coefficient (Wildman–Crippen LogP) is 8.82. The summed E-state index contributed by atoms with van der Waals surface area (Å²) in [6, 6.07) is 8.80. The van der Waals surface area contributed by atoms with E-state index >= 15 is 0 Å². The maximum Gasteiger partial charge on any atom is 0.409 e. The molecule has 2 saturated heterocycles. The third-order valence-electron chi connectivity index (χ3n) is 17.4. The molecule has 0 radical (unpaired) electrons. The maximum atomic E-state index is 14.7. The van der Waals surface area contributed by atoms with Crippen LogP contribution in [0.25, 0.3) is 0 Å². The fraction of sp³-hybridized carbons (Fsp3) is 0.692. The molecule has 17 nitrogen and oxygen atoms in total. The van der Waals surface area contributed by atoms with Crippen LogP contribution in [-0.4, -0.2) is 176 Å². The fourth-order valence-corrected chi connectivity index (χ4v) is 12.1. The number of allylic oxidation sites excluding steroid dienone is 6. The molecular weight excluding hydrogens is 1050 g/mol. The molecule has 3 heterocycles. The lowest BCUT2D eigenvalue weighted by molar-refractivity contribution is -0.266. The van der Waals surface area contributed by atoms with Crippen LogP contribution in [0.15, 0.2) is 77.9 Å². The number of nitrogens with zero attached hydrogens (tertiary/aromatic N) is 3. The zero-order valence-corrected chi connectivity index (χ0v) is 51.3. The van der Waals surface area contributed by atoms with Crippen LogP contribution in [0.5, 0.6) is 0 Å². The van der Waals surface area contributed by atoms with Gasteiger partial charge in [-0.2, -0.15) is 0 Å². The Morgan fingerprint density at radius 2 is 1.59 bits per heavy atom. The minimum absolute atomic E-state index is 0.0107. The van der Waals surface area contributed by atoms with Crippen molar-refractivity contribution in [3.63, 3.8) is 0 Å². The number of amides is 2. The SMILES string of the molecule is CO[C@@H]1C[C@H](C[C@@H](C)[C@@H]2CC(=O)[C@H](C)/C=C(\C)[C@@H](O)[C@@H](OC)C(=O)[C@H](C)C[C@H](C)/C=C/C=C/C=C(\C)C(OCCc3ccccc3)C[C@@H]3CC[C@@H](C)[C@@](O)(O3)C(=O)C(=O)N3CCCCC3C(=O)O2)CC[C@H]1OC(=O)N(C)CCCN(C)C. The number of ketones is 3. The Kier molecular flexibility index (Phi) is 27.3. The number of cyclic esters (lactones) is 1. The van der Waals surface area contributed by atoms with Crippen molar-refractivity contribution >= 4 is 35.3 Å². The number of Topliss-reactive ketones (excluding diaryl/α,β-unsaturated/α-hetero) is 3. The summed E-state index contributed by atoms with van der Waals surface area (Å²) in [6.07, 6.45) is 11.8. The van der Waals surface area contributed by atoms with Crippen molar-refractivity contribution in [1.82, 2.24) is 14.7 Å². The molecule has 2 unspecified atom stereocenters. The number of fused-ring (bicyclic) bond motifs is 3. The molecule has 1 aliphatic carbocycles. The molecule has 0 aromatic heterocycles. The van der Waals surface area contributed by atoms with Gasteiger partial charge in [0.25, 0.3) is 11.7 Å². The summed E-state index contributed by atoms with van der Waals surface area (Å²) in [5.41, 5.74) is 2.36.